The molecule has 0 atom stereocenters. The second kappa shape index (κ2) is 6.67. The first-order valence-corrected chi connectivity index (χ1v) is 7.50. The Hall–Kier alpha value is -1.95. The van der Waals surface area contributed by atoms with E-state index in [4.69, 9.17) is 0 Å². The molecule has 0 radical (unpaired) electrons. The number of hydrogen-bond donors (Lipinski definition) is 2. The topological polar surface area (TPSA) is 41.1 Å². The first-order valence-electron chi connectivity index (χ1n) is 6.55. The number of anilines is 1. The summed E-state index contributed by atoms with van der Waals surface area (Å²) in [6, 6.07) is 2.08. The number of benzene rings is 1. The van der Waals surface area contributed by atoms with E-state index in [9.17, 15) is 13.6 Å². The molecule has 0 bridgehead atoms. The molecule has 112 valence electrons. The van der Waals surface area contributed by atoms with Crippen molar-refractivity contribution in [2.24, 2.45) is 0 Å². The van der Waals surface area contributed by atoms with Crippen LogP contribution in [0.3, 0.4) is 0 Å². The second-order valence-corrected chi connectivity index (χ2v) is 5.35. The van der Waals surface area contributed by atoms with Gasteiger partial charge in [0.05, 0.1) is 0 Å². The predicted molar refractivity (Wildman–Crippen MR) is 80.7 cm³/mol. The van der Waals surface area contributed by atoms with Crippen LogP contribution in [0.25, 0.3) is 0 Å². The number of rotatable bonds is 5. The molecule has 1 aromatic carbocycles. The number of amides is 1. The fraction of sp³-hybridized carbons (Fsp3) is 0.267. The third-order valence-electron chi connectivity index (χ3n) is 3.06. The lowest BCUT2D eigenvalue weighted by atomic mass is 10.1. The maximum Gasteiger partial charge on any atom is 0.251 e. The van der Waals surface area contributed by atoms with Gasteiger partial charge < -0.3 is 10.6 Å². The quantitative estimate of drug-likeness (QED) is 0.884. The summed E-state index contributed by atoms with van der Waals surface area (Å²) in [7, 11) is 0. The lowest BCUT2D eigenvalue weighted by Gasteiger charge is -2.09. The van der Waals surface area contributed by atoms with Gasteiger partial charge in [-0.3, -0.25) is 4.79 Å². The van der Waals surface area contributed by atoms with Crippen molar-refractivity contribution < 1.29 is 13.6 Å². The first-order chi connectivity index (χ1) is 10.0. The van der Waals surface area contributed by atoms with Crippen LogP contribution < -0.4 is 10.6 Å². The van der Waals surface area contributed by atoms with E-state index in [1.54, 1.807) is 18.3 Å². The zero-order valence-corrected chi connectivity index (χ0v) is 12.6. The fourth-order valence-corrected chi connectivity index (χ4v) is 2.75. The van der Waals surface area contributed by atoms with Gasteiger partial charge in [0.25, 0.3) is 5.91 Å². The van der Waals surface area contributed by atoms with Crippen molar-refractivity contribution in [2.45, 2.75) is 20.4 Å². The van der Waals surface area contributed by atoms with Crippen molar-refractivity contribution in [3.8, 4) is 0 Å². The summed E-state index contributed by atoms with van der Waals surface area (Å²) in [6.07, 6.45) is 0. The van der Waals surface area contributed by atoms with Crippen LogP contribution in [0.1, 0.15) is 28.4 Å². The van der Waals surface area contributed by atoms with E-state index in [1.807, 2.05) is 17.7 Å². The molecule has 1 amide bonds. The molecule has 0 saturated carbocycles. The van der Waals surface area contributed by atoms with Crippen molar-refractivity contribution in [2.75, 3.05) is 11.9 Å². The molecular weight excluding hydrogens is 294 g/mol. The zero-order chi connectivity index (χ0) is 15.4. The van der Waals surface area contributed by atoms with Gasteiger partial charge in [-0.25, -0.2) is 8.78 Å². The van der Waals surface area contributed by atoms with Gasteiger partial charge in [0.2, 0.25) is 0 Å². The molecular formula is C15H16F2N2OS. The highest BCUT2D eigenvalue weighted by Gasteiger charge is 2.14. The molecule has 0 unspecified atom stereocenters. The highest BCUT2D eigenvalue weighted by Crippen LogP contribution is 2.21. The molecule has 0 spiro atoms. The number of carbonyl (C=O) groups excluding carboxylic acids is 1. The van der Waals surface area contributed by atoms with Crippen LogP contribution in [0.5, 0.6) is 0 Å². The number of aryl methyl sites for hydroxylation is 1. The van der Waals surface area contributed by atoms with Gasteiger partial charge in [0.15, 0.2) is 0 Å². The molecule has 2 rings (SSSR count). The summed E-state index contributed by atoms with van der Waals surface area (Å²) < 4.78 is 27.5. The van der Waals surface area contributed by atoms with E-state index in [1.165, 1.54) is 0 Å². The van der Waals surface area contributed by atoms with Gasteiger partial charge in [-0.1, -0.05) is 0 Å². The number of nitrogens with one attached hydrogen (secondary N) is 2. The Kier molecular flexibility index (Phi) is 4.90. The molecule has 1 aromatic heterocycles. The van der Waals surface area contributed by atoms with E-state index in [0.717, 1.165) is 23.3 Å². The normalized spacial score (nSPS) is 10.5. The molecule has 0 aliphatic heterocycles. The summed E-state index contributed by atoms with van der Waals surface area (Å²) in [5, 5.41) is 9.17. The third kappa shape index (κ3) is 3.58. The highest BCUT2D eigenvalue weighted by atomic mass is 32.1. The van der Waals surface area contributed by atoms with Gasteiger partial charge in [-0.05, 0) is 47.9 Å². The lowest BCUT2D eigenvalue weighted by Crippen LogP contribution is -2.23. The fourth-order valence-electron chi connectivity index (χ4n) is 1.90. The summed E-state index contributed by atoms with van der Waals surface area (Å²) in [4.78, 5) is 12.0. The minimum absolute atomic E-state index is 0.0282. The molecule has 0 aliphatic carbocycles. The minimum Gasteiger partial charge on any atom is -0.381 e. The van der Waals surface area contributed by atoms with Crippen LogP contribution in [0.15, 0.2) is 22.9 Å². The van der Waals surface area contributed by atoms with E-state index >= 15 is 0 Å². The van der Waals surface area contributed by atoms with Crippen molar-refractivity contribution in [1.29, 1.82) is 0 Å². The highest BCUT2D eigenvalue weighted by molar-refractivity contribution is 7.08. The Morgan fingerprint density at radius 2 is 1.90 bits per heavy atom. The van der Waals surface area contributed by atoms with Gasteiger partial charge >= 0.3 is 0 Å². The van der Waals surface area contributed by atoms with E-state index < -0.39 is 17.5 Å². The Labute approximate surface area is 126 Å². The van der Waals surface area contributed by atoms with E-state index in [0.29, 0.717) is 13.1 Å². The molecule has 0 fully saturated rings. The van der Waals surface area contributed by atoms with Crippen molar-refractivity contribution in [3.63, 3.8) is 0 Å². The van der Waals surface area contributed by atoms with Gasteiger partial charge in [0, 0.05) is 18.7 Å². The van der Waals surface area contributed by atoms with Crippen LogP contribution in [0, 0.1) is 18.6 Å². The summed E-state index contributed by atoms with van der Waals surface area (Å²) in [6.45, 7) is 4.43. The molecule has 3 nitrogen and oxygen atoms in total. The molecule has 1 heterocycles. The van der Waals surface area contributed by atoms with Gasteiger partial charge in [0.1, 0.15) is 17.3 Å². The summed E-state index contributed by atoms with van der Waals surface area (Å²) in [5.74, 6) is -2.04. The largest absolute Gasteiger partial charge is 0.381 e. The van der Waals surface area contributed by atoms with E-state index in [2.05, 4.69) is 10.6 Å². The maximum absolute atomic E-state index is 13.8. The number of hydrogen-bond acceptors (Lipinski definition) is 3. The van der Waals surface area contributed by atoms with Crippen molar-refractivity contribution >= 4 is 22.9 Å². The SMILES string of the molecule is CCNc1c(F)cc(C(=O)NCc2cscc2C)cc1F. The number of carbonyl (C=O) groups is 1. The van der Waals surface area contributed by atoms with E-state index in [-0.39, 0.29) is 11.3 Å². The van der Waals surface area contributed by atoms with Crippen LogP contribution in [0.4, 0.5) is 14.5 Å². The molecule has 2 aromatic rings. The number of halogens is 2. The minimum atomic E-state index is -0.770. The Morgan fingerprint density at radius 3 is 2.43 bits per heavy atom. The Bertz CT molecular complexity index is 632. The van der Waals surface area contributed by atoms with Crippen LogP contribution >= 0.6 is 11.3 Å². The molecule has 2 N–H and O–H groups in total. The smallest absolute Gasteiger partial charge is 0.251 e. The molecule has 0 saturated heterocycles. The monoisotopic (exact) mass is 310 g/mol. The molecule has 21 heavy (non-hydrogen) atoms. The standard InChI is InChI=1S/C15H16F2N2OS/c1-3-18-14-12(16)4-10(5-13(14)17)15(20)19-6-11-8-21-7-9(11)2/h4-5,7-8,18H,3,6H2,1-2H3,(H,19,20). The van der Waals surface area contributed by atoms with Gasteiger partial charge in [-0.15, -0.1) is 0 Å². The third-order valence-corrected chi connectivity index (χ3v) is 3.97. The zero-order valence-electron chi connectivity index (χ0n) is 11.8. The number of thiophene rings is 1. The Balaban J connectivity index is 2.11. The first kappa shape index (κ1) is 15.4. The van der Waals surface area contributed by atoms with Crippen molar-refractivity contribution in [1.82, 2.24) is 5.32 Å². The Morgan fingerprint density at radius 1 is 1.24 bits per heavy atom. The van der Waals surface area contributed by atoms with Crippen molar-refractivity contribution in [3.05, 3.63) is 51.2 Å². The van der Waals surface area contributed by atoms with Gasteiger partial charge in [-0.2, -0.15) is 11.3 Å². The second-order valence-electron chi connectivity index (χ2n) is 4.61. The molecule has 6 heteroatoms. The predicted octanol–water partition coefficient (Wildman–Crippen LogP) is 3.70. The van der Waals surface area contributed by atoms with Crippen LogP contribution in [-0.4, -0.2) is 12.5 Å². The summed E-state index contributed by atoms with van der Waals surface area (Å²) >= 11 is 1.55. The lowest BCUT2D eigenvalue weighted by molar-refractivity contribution is 0.0950. The summed E-state index contributed by atoms with van der Waals surface area (Å²) in [5.41, 5.74) is 1.85. The van der Waals surface area contributed by atoms with Crippen LogP contribution in [-0.2, 0) is 6.54 Å². The maximum atomic E-state index is 13.8. The average Bonchev–Trinajstić information content (AvgIpc) is 2.85. The van der Waals surface area contributed by atoms with Crippen LogP contribution in [0.2, 0.25) is 0 Å². The average molecular weight is 310 g/mol. The molecule has 0 aliphatic rings.